The quantitative estimate of drug-likeness (QED) is 0.663. The minimum absolute atomic E-state index is 0.216. The van der Waals surface area contributed by atoms with Gasteiger partial charge in [-0.1, -0.05) is 60.7 Å². The van der Waals surface area contributed by atoms with Crippen molar-refractivity contribution < 1.29 is 14.3 Å². The molecule has 0 saturated heterocycles. The maximum absolute atomic E-state index is 12.6. The second-order valence-electron chi connectivity index (χ2n) is 5.47. The van der Waals surface area contributed by atoms with Crippen LogP contribution in [0.3, 0.4) is 0 Å². The molecular weight excluding hydrogens is 316 g/mol. The summed E-state index contributed by atoms with van der Waals surface area (Å²) in [4.78, 5) is 20.1. The third-order valence-electron chi connectivity index (χ3n) is 3.66. The van der Waals surface area contributed by atoms with E-state index < -0.39 is 5.97 Å². The Morgan fingerprint density at radius 1 is 1.00 bits per heavy atom. The number of hydrogen-bond acceptors (Lipinski definition) is 4. The van der Waals surface area contributed by atoms with E-state index >= 15 is 0 Å². The van der Waals surface area contributed by atoms with Crippen molar-refractivity contribution in [2.24, 2.45) is 0 Å². The molecule has 0 saturated carbocycles. The fourth-order valence-corrected chi connectivity index (χ4v) is 2.44. The Morgan fingerprint density at radius 3 is 2.36 bits per heavy atom. The van der Waals surface area contributed by atoms with Crippen molar-refractivity contribution in [1.82, 2.24) is 9.97 Å². The molecule has 1 N–H and O–H groups in total. The standard InChI is InChI=1S/C20H20N2O3/c1-2-24-14-17-21-18(16-11-7-4-8-12-16)19(22-17)20(23)25-13-15-9-5-3-6-10-15/h3-12H,2,13-14H2,1H3,(H,21,22). The number of carbonyl (C=O) groups is 1. The van der Waals surface area contributed by atoms with Crippen molar-refractivity contribution in [3.05, 3.63) is 77.7 Å². The predicted molar refractivity (Wildman–Crippen MR) is 94.9 cm³/mol. The molecule has 0 fully saturated rings. The summed E-state index contributed by atoms with van der Waals surface area (Å²) < 4.78 is 10.8. The predicted octanol–water partition coefficient (Wildman–Crippen LogP) is 3.97. The van der Waals surface area contributed by atoms with Gasteiger partial charge in [0.15, 0.2) is 5.69 Å². The second kappa shape index (κ2) is 8.26. The van der Waals surface area contributed by atoms with Crippen LogP contribution >= 0.6 is 0 Å². The van der Waals surface area contributed by atoms with Gasteiger partial charge in [-0.25, -0.2) is 9.78 Å². The van der Waals surface area contributed by atoms with E-state index in [0.717, 1.165) is 11.1 Å². The zero-order valence-electron chi connectivity index (χ0n) is 14.1. The SMILES string of the molecule is CCOCc1nc(-c2ccccc2)c(C(=O)OCc2ccccc2)[nH]1. The average Bonchev–Trinajstić information content (AvgIpc) is 3.10. The van der Waals surface area contributed by atoms with Gasteiger partial charge in [-0.05, 0) is 12.5 Å². The van der Waals surface area contributed by atoms with Crippen LogP contribution in [0, 0.1) is 0 Å². The normalized spacial score (nSPS) is 10.6. The molecule has 3 rings (SSSR count). The number of aromatic amines is 1. The van der Waals surface area contributed by atoms with E-state index in [-0.39, 0.29) is 6.61 Å². The number of ether oxygens (including phenoxy) is 2. The molecule has 0 aliphatic carbocycles. The molecule has 1 aromatic heterocycles. The van der Waals surface area contributed by atoms with Crippen LogP contribution in [0.1, 0.15) is 28.8 Å². The smallest absolute Gasteiger partial charge is 0.357 e. The van der Waals surface area contributed by atoms with E-state index in [1.54, 1.807) is 0 Å². The first kappa shape index (κ1) is 16.9. The van der Waals surface area contributed by atoms with E-state index in [4.69, 9.17) is 9.47 Å². The summed E-state index contributed by atoms with van der Waals surface area (Å²) in [6.07, 6.45) is 0. The zero-order chi connectivity index (χ0) is 17.5. The summed E-state index contributed by atoms with van der Waals surface area (Å²) in [7, 11) is 0. The van der Waals surface area contributed by atoms with Crippen LogP contribution in [-0.4, -0.2) is 22.5 Å². The van der Waals surface area contributed by atoms with Gasteiger partial charge >= 0.3 is 5.97 Å². The van der Waals surface area contributed by atoms with Crippen molar-refractivity contribution in [3.8, 4) is 11.3 Å². The summed E-state index contributed by atoms with van der Waals surface area (Å²) in [5.41, 5.74) is 2.71. The van der Waals surface area contributed by atoms with Crippen LogP contribution in [0.25, 0.3) is 11.3 Å². The summed E-state index contributed by atoms with van der Waals surface area (Å²) in [5.74, 6) is 0.172. The molecule has 0 bridgehead atoms. The van der Waals surface area contributed by atoms with Gasteiger partial charge in [-0.2, -0.15) is 0 Å². The van der Waals surface area contributed by atoms with E-state index in [1.807, 2.05) is 67.6 Å². The van der Waals surface area contributed by atoms with Crippen LogP contribution in [0.15, 0.2) is 60.7 Å². The molecule has 25 heavy (non-hydrogen) atoms. The molecule has 128 valence electrons. The molecule has 0 aliphatic rings. The highest BCUT2D eigenvalue weighted by atomic mass is 16.5. The number of H-pyrrole nitrogens is 1. The van der Waals surface area contributed by atoms with E-state index in [2.05, 4.69) is 9.97 Å². The number of hydrogen-bond donors (Lipinski definition) is 1. The van der Waals surface area contributed by atoms with Gasteiger partial charge in [0.2, 0.25) is 0 Å². The molecule has 0 radical (unpaired) electrons. The Hall–Kier alpha value is -2.92. The van der Waals surface area contributed by atoms with Gasteiger partial charge in [0.25, 0.3) is 0 Å². The summed E-state index contributed by atoms with van der Waals surface area (Å²) >= 11 is 0. The Labute approximate surface area is 146 Å². The van der Waals surface area contributed by atoms with E-state index in [9.17, 15) is 4.79 Å². The van der Waals surface area contributed by atoms with Gasteiger partial charge in [-0.3, -0.25) is 0 Å². The van der Waals surface area contributed by atoms with Gasteiger partial charge in [-0.15, -0.1) is 0 Å². The van der Waals surface area contributed by atoms with Crippen molar-refractivity contribution in [2.75, 3.05) is 6.61 Å². The average molecular weight is 336 g/mol. The topological polar surface area (TPSA) is 64.2 Å². The first-order valence-electron chi connectivity index (χ1n) is 8.21. The highest BCUT2D eigenvalue weighted by Gasteiger charge is 2.20. The van der Waals surface area contributed by atoms with Crippen LogP contribution in [0.5, 0.6) is 0 Å². The van der Waals surface area contributed by atoms with Crippen LogP contribution in [0.2, 0.25) is 0 Å². The van der Waals surface area contributed by atoms with Crippen LogP contribution in [-0.2, 0) is 22.7 Å². The van der Waals surface area contributed by atoms with Gasteiger partial charge in [0, 0.05) is 12.2 Å². The lowest BCUT2D eigenvalue weighted by atomic mass is 10.1. The Balaban J connectivity index is 1.82. The zero-order valence-corrected chi connectivity index (χ0v) is 14.1. The maximum atomic E-state index is 12.6. The number of imidazole rings is 1. The Kier molecular flexibility index (Phi) is 5.59. The molecule has 5 heteroatoms. The minimum atomic E-state index is -0.432. The number of esters is 1. The highest BCUT2D eigenvalue weighted by molar-refractivity contribution is 5.94. The molecule has 3 aromatic rings. The Bertz CT molecular complexity index is 813. The van der Waals surface area contributed by atoms with Crippen molar-refractivity contribution >= 4 is 5.97 Å². The molecule has 0 unspecified atom stereocenters. The lowest BCUT2D eigenvalue weighted by molar-refractivity contribution is 0.0466. The number of carbonyl (C=O) groups excluding carboxylic acids is 1. The summed E-state index contributed by atoms with van der Waals surface area (Å²) in [6.45, 7) is 3.03. The minimum Gasteiger partial charge on any atom is -0.456 e. The monoisotopic (exact) mass is 336 g/mol. The van der Waals surface area contributed by atoms with E-state index in [0.29, 0.717) is 30.4 Å². The molecular formula is C20H20N2O3. The van der Waals surface area contributed by atoms with Gasteiger partial charge < -0.3 is 14.5 Å². The number of rotatable bonds is 7. The highest BCUT2D eigenvalue weighted by Crippen LogP contribution is 2.23. The molecule has 0 atom stereocenters. The fraction of sp³-hybridized carbons (Fsp3) is 0.200. The molecule has 0 amide bonds. The van der Waals surface area contributed by atoms with Crippen LogP contribution in [0.4, 0.5) is 0 Å². The van der Waals surface area contributed by atoms with Gasteiger partial charge in [0.05, 0.1) is 0 Å². The summed E-state index contributed by atoms with van der Waals surface area (Å²) in [6, 6.07) is 19.1. The third kappa shape index (κ3) is 4.33. The second-order valence-corrected chi connectivity index (χ2v) is 5.47. The molecule has 5 nitrogen and oxygen atoms in total. The fourth-order valence-electron chi connectivity index (χ4n) is 2.44. The van der Waals surface area contributed by atoms with Gasteiger partial charge in [0.1, 0.15) is 24.7 Å². The van der Waals surface area contributed by atoms with Crippen molar-refractivity contribution in [3.63, 3.8) is 0 Å². The Morgan fingerprint density at radius 2 is 1.68 bits per heavy atom. The molecule has 0 aliphatic heterocycles. The lowest BCUT2D eigenvalue weighted by Crippen LogP contribution is -2.07. The molecule has 0 spiro atoms. The number of aromatic nitrogens is 2. The maximum Gasteiger partial charge on any atom is 0.357 e. The first-order chi connectivity index (χ1) is 12.3. The molecule has 1 heterocycles. The summed E-state index contributed by atoms with van der Waals surface area (Å²) in [5, 5.41) is 0. The van der Waals surface area contributed by atoms with Crippen molar-refractivity contribution in [1.29, 1.82) is 0 Å². The van der Waals surface area contributed by atoms with E-state index in [1.165, 1.54) is 0 Å². The number of benzene rings is 2. The number of nitrogens with zero attached hydrogens (tertiary/aromatic N) is 1. The molecule has 2 aromatic carbocycles. The van der Waals surface area contributed by atoms with Crippen LogP contribution < -0.4 is 0 Å². The lowest BCUT2D eigenvalue weighted by Gasteiger charge is -2.05. The van der Waals surface area contributed by atoms with Crippen molar-refractivity contribution in [2.45, 2.75) is 20.1 Å². The first-order valence-corrected chi connectivity index (χ1v) is 8.21. The third-order valence-corrected chi connectivity index (χ3v) is 3.66. The number of nitrogens with one attached hydrogen (secondary N) is 1. The largest absolute Gasteiger partial charge is 0.456 e.